The van der Waals surface area contributed by atoms with E-state index in [-0.39, 0.29) is 5.43 Å². The highest BCUT2D eigenvalue weighted by molar-refractivity contribution is 7.21. The van der Waals surface area contributed by atoms with Gasteiger partial charge in [-0.3, -0.25) is 9.69 Å². The molecule has 1 aliphatic carbocycles. The minimum Gasteiger partial charge on any atom is -0.374 e. The van der Waals surface area contributed by atoms with Crippen molar-refractivity contribution in [1.82, 2.24) is 14.5 Å². The van der Waals surface area contributed by atoms with E-state index in [1.807, 2.05) is 17.6 Å². The molecule has 2 N–H and O–H groups in total. The molecule has 0 aliphatic heterocycles. The second kappa shape index (κ2) is 9.40. The third-order valence-electron chi connectivity index (χ3n) is 5.68. The van der Waals surface area contributed by atoms with Gasteiger partial charge >= 0.3 is 0 Å². The zero-order chi connectivity index (χ0) is 22.8. The first-order valence-electron chi connectivity index (χ1n) is 11.0. The molecule has 0 saturated heterocycles. The van der Waals surface area contributed by atoms with Gasteiger partial charge in [0, 0.05) is 19.3 Å². The second-order valence-corrected chi connectivity index (χ2v) is 9.45. The van der Waals surface area contributed by atoms with Crippen LogP contribution in [0.3, 0.4) is 0 Å². The lowest BCUT2D eigenvalue weighted by atomic mass is 9.91. The predicted octanol–water partition coefficient (Wildman–Crippen LogP) is 4.47. The molecular formula is C25H30N4O2S. The molecule has 4 rings (SSSR count). The molecule has 7 heteroatoms. The van der Waals surface area contributed by atoms with Crippen molar-refractivity contribution in [2.45, 2.75) is 33.0 Å². The van der Waals surface area contributed by atoms with Gasteiger partial charge < -0.3 is 15.0 Å². The molecule has 0 spiro atoms. The van der Waals surface area contributed by atoms with Gasteiger partial charge in [-0.25, -0.2) is 4.98 Å². The Morgan fingerprint density at radius 2 is 2.12 bits per heavy atom. The van der Waals surface area contributed by atoms with E-state index in [1.54, 1.807) is 25.2 Å². The van der Waals surface area contributed by atoms with E-state index in [9.17, 15) is 9.90 Å². The number of aromatic nitrogens is 2. The van der Waals surface area contributed by atoms with E-state index < -0.39 is 6.23 Å². The first-order valence-corrected chi connectivity index (χ1v) is 11.8. The summed E-state index contributed by atoms with van der Waals surface area (Å²) in [7, 11) is 3.50. The number of thiazole rings is 1. The number of nitrogens with one attached hydrogen (secondary N) is 1. The lowest BCUT2D eigenvalue weighted by molar-refractivity contribution is 0.0383. The van der Waals surface area contributed by atoms with Gasteiger partial charge in [-0.15, -0.1) is 0 Å². The molecule has 0 radical (unpaired) electrons. The van der Waals surface area contributed by atoms with Gasteiger partial charge in [0.05, 0.1) is 5.56 Å². The number of pyridine rings is 1. The number of benzene rings is 1. The van der Waals surface area contributed by atoms with Crippen molar-refractivity contribution < 1.29 is 5.11 Å². The molecule has 3 aromatic rings. The fourth-order valence-electron chi connectivity index (χ4n) is 4.03. The Bertz CT molecular complexity index is 1240. The SMILES string of the molecule is CCNc1nc2c(=O)c(C(O)N(C)C)cn(Cc3ccccc3C3=CC(C)CC=C3)c2s1. The fourth-order valence-corrected chi connectivity index (χ4v) is 5.03. The molecule has 2 unspecified atom stereocenters. The van der Waals surface area contributed by atoms with Crippen molar-refractivity contribution in [2.24, 2.45) is 5.92 Å². The Hall–Kier alpha value is -2.74. The van der Waals surface area contributed by atoms with Gasteiger partial charge in [0.1, 0.15) is 16.6 Å². The summed E-state index contributed by atoms with van der Waals surface area (Å²) in [5, 5.41) is 14.6. The van der Waals surface area contributed by atoms with E-state index in [1.165, 1.54) is 22.5 Å². The van der Waals surface area contributed by atoms with E-state index in [4.69, 9.17) is 0 Å². The minimum absolute atomic E-state index is 0.224. The Morgan fingerprint density at radius 1 is 1.34 bits per heavy atom. The Labute approximate surface area is 192 Å². The summed E-state index contributed by atoms with van der Waals surface area (Å²) in [6.07, 6.45) is 8.59. The molecule has 0 saturated carbocycles. The third kappa shape index (κ3) is 4.41. The Morgan fingerprint density at radius 3 is 2.84 bits per heavy atom. The fraction of sp³-hybridized carbons (Fsp3) is 0.360. The smallest absolute Gasteiger partial charge is 0.215 e. The molecule has 0 amide bonds. The summed E-state index contributed by atoms with van der Waals surface area (Å²) >= 11 is 1.47. The highest BCUT2D eigenvalue weighted by atomic mass is 32.1. The molecular weight excluding hydrogens is 420 g/mol. The van der Waals surface area contributed by atoms with Gasteiger partial charge in [-0.05, 0) is 50.1 Å². The maximum Gasteiger partial charge on any atom is 0.215 e. The van der Waals surface area contributed by atoms with E-state index in [0.717, 1.165) is 23.4 Å². The van der Waals surface area contributed by atoms with Crippen LogP contribution in [-0.4, -0.2) is 40.2 Å². The van der Waals surface area contributed by atoms with Crippen molar-refractivity contribution in [3.05, 3.63) is 75.6 Å². The van der Waals surface area contributed by atoms with Crippen LogP contribution in [-0.2, 0) is 6.54 Å². The minimum atomic E-state index is -0.998. The number of hydrogen-bond acceptors (Lipinski definition) is 6. The number of hydrogen-bond donors (Lipinski definition) is 2. The quantitative estimate of drug-likeness (QED) is 0.520. The molecule has 2 atom stereocenters. The van der Waals surface area contributed by atoms with Crippen molar-refractivity contribution in [2.75, 3.05) is 26.0 Å². The summed E-state index contributed by atoms with van der Waals surface area (Å²) in [5.41, 5.74) is 4.08. The summed E-state index contributed by atoms with van der Waals surface area (Å²) in [6.45, 7) is 5.53. The van der Waals surface area contributed by atoms with Crippen molar-refractivity contribution >= 4 is 32.4 Å². The standard InChI is InChI=1S/C25H30N4O2S/c1-5-26-25-27-21-22(30)20(23(31)28(3)4)15-29(24(21)32-25)14-18-10-6-7-12-19(18)17-11-8-9-16(2)13-17/h6-8,10-13,15-16,23,31H,5,9,14H2,1-4H3,(H,26,27). The van der Waals surface area contributed by atoms with Gasteiger partial charge in [0.2, 0.25) is 5.43 Å². The van der Waals surface area contributed by atoms with Gasteiger partial charge in [-0.1, -0.05) is 60.8 Å². The Kier molecular flexibility index (Phi) is 6.60. The largest absolute Gasteiger partial charge is 0.374 e. The first kappa shape index (κ1) is 22.5. The zero-order valence-corrected chi connectivity index (χ0v) is 19.8. The maximum absolute atomic E-state index is 13.1. The third-order valence-corrected chi connectivity index (χ3v) is 6.73. The molecule has 2 heterocycles. The summed E-state index contributed by atoms with van der Waals surface area (Å²) < 4.78 is 2.05. The summed E-state index contributed by atoms with van der Waals surface area (Å²) in [6, 6.07) is 8.38. The monoisotopic (exact) mass is 450 g/mol. The van der Waals surface area contributed by atoms with Crippen LogP contribution in [0.15, 0.2) is 53.5 Å². The van der Waals surface area contributed by atoms with Crippen LogP contribution in [0.4, 0.5) is 5.13 Å². The van der Waals surface area contributed by atoms with Crippen molar-refractivity contribution in [3.8, 4) is 0 Å². The molecule has 0 bridgehead atoms. The molecule has 1 aromatic carbocycles. The highest BCUT2D eigenvalue weighted by Crippen LogP contribution is 2.30. The normalized spacial score (nSPS) is 17.1. The van der Waals surface area contributed by atoms with Crippen LogP contribution < -0.4 is 10.7 Å². The molecule has 0 fully saturated rings. The lowest BCUT2D eigenvalue weighted by Gasteiger charge is -2.21. The van der Waals surface area contributed by atoms with Crippen LogP contribution in [0.1, 0.15) is 43.2 Å². The molecule has 1 aliphatic rings. The number of allylic oxidation sites excluding steroid dienone is 4. The summed E-state index contributed by atoms with van der Waals surface area (Å²) in [5.74, 6) is 0.508. The van der Waals surface area contributed by atoms with Crippen LogP contribution in [0.5, 0.6) is 0 Å². The topological polar surface area (TPSA) is 70.4 Å². The van der Waals surface area contributed by atoms with E-state index in [0.29, 0.717) is 28.7 Å². The van der Waals surface area contributed by atoms with Crippen molar-refractivity contribution in [1.29, 1.82) is 0 Å². The van der Waals surface area contributed by atoms with Crippen LogP contribution in [0.2, 0.25) is 0 Å². The van der Waals surface area contributed by atoms with E-state index >= 15 is 0 Å². The van der Waals surface area contributed by atoms with Gasteiger partial charge in [-0.2, -0.15) is 0 Å². The number of aliphatic hydroxyl groups is 1. The van der Waals surface area contributed by atoms with Crippen molar-refractivity contribution in [3.63, 3.8) is 0 Å². The van der Waals surface area contributed by atoms with Crippen LogP contribution in [0.25, 0.3) is 15.9 Å². The average Bonchev–Trinajstić information content (AvgIpc) is 3.20. The van der Waals surface area contributed by atoms with Gasteiger partial charge in [0.15, 0.2) is 5.13 Å². The number of aliphatic hydroxyl groups excluding tert-OH is 1. The first-order chi connectivity index (χ1) is 15.4. The van der Waals surface area contributed by atoms with Crippen LogP contribution in [0, 0.1) is 5.92 Å². The number of rotatable bonds is 7. The predicted molar refractivity (Wildman–Crippen MR) is 133 cm³/mol. The second-order valence-electron chi connectivity index (χ2n) is 8.48. The number of fused-ring (bicyclic) bond motifs is 1. The Balaban J connectivity index is 1.86. The molecule has 32 heavy (non-hydrogen) atoms. The number of nitrogens with zero attached hydrogens (tertiary/aromatic N) is 3. The number of anilines is 1. The summed E-state index contributed by atoms with van der Waals surface area (Å²) in [4.78, 5) is 20.1. The molecule has 168 valence electrons. The maximum atomic E-state index is 13.1. The molecule has 6 nitrogen and oxygen atoms in total. The highest BCUT2D eigenvalue weighted by Gasteiger charge is 2.21. The van der Waals surface area contributed by atoms with Gasteiger partial charge in [0.25, 0.3) is 0 Å². The zero-order valence-electron chi connectivity index (χ0n) is 19.0. The molecule has 2 aromatic heterocycles. The van der Waals surface area contributed by atoms with E-state index in [2.05, 4.69) is 53.7 Å². The lowest BCUT2D eigenvalue weighted by Crippen LogP contribution is -2.26. The van der Waals surface area contributed by atoms with Crippen LogP contribution >= 0.6 is 11.3 Å². The average molecular weight is 451 g/mol.